The van der Waals surface area contributed by atoms with E-state index in [9.17, 15) is 13.6 Å². The molecule has 3 nitrogen and oxygen atoms in total. The first-order chi connectivity index (χ1) is 10.0. The van der Waals surface area contributed by atoms with Crippen molar-refractivity contribution in [1.29, 1.82) is 0 Å². The molecule has 1 aliphatic heterocycles. The number of benzene rings is 1. The van der Waals surface area contributed by atoms with E-state index in [0.29, 0.717) is 13.1 Å². The lowest BCUT2D eigenvalue weighted by molar-refractivity contribution is 0.0551. The molecule has 1 aromatic carbocycles. The van der Waals surface area contributed by atoms with Gasteiger partial charge in [-0.2, -0.15) is 0 Å². The molecule has 0 spiro atoms. The van der Waals surface area contributed by atoms with Crippen molar-refractivity contribution in [1.82, 2.24) is 4.90 Å². The maximum Gasteiger partial charge on any atom is 0.179 e. The van der Waals surface area contributed by atoms with Crippen LogP contribution in [0.1, 0.15) is 37.0 Å². The van der Waals surface area contributed by atoms with Crippen LogP contribution in [0.15, 0.2) is 18.2 Å². The normalized spacial score (nSPS) is 20.0. The number of likely N-dealkylation sites (N-methyl/N-ethyl adjacent to an activating group) is 1. The lowest BCUT2D eigenvalue weighted by Gasteiger charge is -2.29. The second kappa shape index (κ2) is 7.09. The molecule has 0 bridgehead atoms. The summed E-state index contributed by atoms with van der Waals surface area (Å²) in [7, 11) is 0. The Kier molecular flexibility index (Phi) is 5.42. The number of carbonyl (C=O) groups excluding carboxylic acids is 1. The molecule has 1 heterocycles. The molecule has 1 aromatic rings. The molecule has 0 N–H and O–H groups in total. The van der Waals surface area contributed by atoms with Gasteiger partial charge in [-0.25, -0.2) is 8.78 Å². The number of halogens is 2. The summed E-state index contributed by atoms with van der Waals surface area (Å²) in [4.78, 5) is 14.4. The Morgan fingerprint density at radius 1 is 1.43 bits per heavy atom. The standard InChI is InChI=1S/C16H21F2NO2/c1-3-19(10-13-5-4-8-21-13)11(2)16(20)12-6-7-14(17)15(18)9-12/h6-7,9,11,13H,3-5,8,10H2,1-2H3. The molecule has 1 aliphatic rings. The molecule has 2 rings (SSSR count). The van der Waals surface area contributed by atoms with Crippen LogP contribution < -0.4 is 0 Å². The summed E-state index contributed by atoms with van der Waals surface area (Å²) in [6.45, 7) is 5.93. The largest absolute Gasteiger partial charge is 0.377 e. The fourth-order valence-corrected chi connectivity index (χ4v) is 2.67. The highest BCUT2D eigenvalue weighted by molar-refractivity contribution is 5.99. The highest BCUT2D eigenvalue weighted by Gasteiger charge is 2.26. The van der Waals surface area contributed by atoms with Gasteiger partial charge in [0.15, 0.2) is 17.4 Å². The highest BCUT2D eigenvalue weighted by atomic mass is 19.2. The first-order valence-electron chi connectivity index (χ1n) is 7.37. The first-order valence-corrected chi connectivity index (χ1v) is 7.37. The van der Waals surface area contributed by atoms with Crippen LogP contribution in [0.5, 0.6) is 0 Å². The molecule has 0 amide bonds. The topological polar surface area (TPSA) is 29.5 Å². The average Bonchev–Trinajstić information content (AvgIpc) is 2.99. The van der Waals surface area contributed by atoms with E-state index < -0.39 is 11.6 Å². The van der Waals surface area contributed by atoms with E-state index in [1.807, 2.05) is 11.8 Å². The Bertz CT molecular complexity index is 501. The molecule has 0 saturated carbocycles. The number of ketones is 1. The number of hydrogen-bond donors (Lipinski definition) is 0. The average molecular weight is 297 g/mol. The minimum atomic E-state index is -0.991. The van der Waals surface area contributed by atoms with Gasteiger partial charge in [0.2, 0.25) is 0 Å². The summed E-state index contributed by atoms with van der Waals surface area (Å²) in [6, 6.07) is 2.90. The van der Waals surface area contributed by atoms with Crippen LogP contribution in [0.4, 0.5) is 8.78 Å². The summed E-state index contributed by atoms with van der Waals surface area (Å²) in [6.07, 6.45) is 2.21. The fraction of sp³-hybridized carbons (Fsp3) is 0.562. The number of carbonyl (C=O) groups is 1. The number of rotatable bonds is 6. The van der Waals surface area contributed by atoms with E-state index in [2.05, 4.69) is 0 Å². The van der Waals surface area contributed by atoms with Crippen molar-refractivity contribution >= 4 is 5.78 Å². The summed E-state index contributed by atoms with van der Waals surface area (Å²) in [5.74, 6) is -2.13. The highest BCUT2D eigenvalue weighted by Crippen LogP contribution is 2.17. The van der Waals surface area contributed by atoms with E-state index in [1.54, 1.807) is 6.92 Å². The van der Waals surface area contributed by atoms with Crippen LogP contribution in [0, 0.1) is 11.6 Å². The van der Waals surface area contributed by atoms with E-state index in [0.717, 1.165) is 31.6 Å². The number of hydrogen-bond acceptors (Lipinski definition) is 3. The lowest BCUT2D eigenvalue weighted by Crippen LogP contribution is -2.43. The maximum atomic E-state index is 13.3. The molecular weight excluding hydrogens is 276 g/mol. The summed E-state index contributed by atoms with van der Waals surface area (Å²) in [5, 5.41) is 0. The van der Waals surface area contributed by atoms with Crippen LogP contribution in [-0.4, -0.2) is 42.5 Å². The zero-order valence-corrected chi connectivity index (χ0v) is 12.4. The van der Waals surface area contributed by atoms with Gasteiger partial charge < -0.3 is 4.74 Å². The van der Waals surface area contributed by atoms with Gasteiger partial charge in [0.05, 0.1) is 12.1 Å². The molecule has 0 aromatic heterocycles. The van der Waals surface area contributed by atoms with E-state index in [1.165, 1.54) is 6.07 Å². The van der Waals surface area contributed by atoms with E-state index in [-0.39, 0.29) is 23.5 Å². The quantitative estimate of drug-likeness (QED) is 0.756. The molecule has 0 aliphatic carbocycles. The molecule has 116 valence electrons. The third-order valence-corrected chi connectivity index (χ3v) is 4.00. The smallest absolute Gasteiger partial charge is 0.179 e. The van der Waals surface area contributed by atoms with Crippen molar-refractivity contribution in [3.05, 3.63) is 35.4 Å². The van der Waals surface area contributed by atoms with Crippen molar-refractivity contribution in [2.24, 2.45) is 0 Å². The van der Waals surface area contributed by atoms with Crippen molar-refractivity contribution in [3.63, 3.8) is 0 Å². The fourth-order valence-electron chi connectivity index (χ4n) is 2.67. The van der Waals surface area contributed by atoms with E-state index >= 15 is 0 Å². The summed E-state index contributed by atoms with van der Waals surface area (Å²) in [5.41, 5.74) is 0.201. The van der Waals surface area contributed by atoms with Crippen molar-refractivity contribution in [2.45, 2.75) is 38.8 Å². The van der Waals surface area contributed by atoms with Crippen LogP contribution in [0.25, 0.3) is 0 Å². The van der Waals surface area contributed by atoms with Crippen molar-refractivity contribution in [2.75, 3.05) is 19.7 Å². The van der Waals surface area contributed by atoms with Gasteiger partial charge in [-0.1, -0.05) is 6.92 Å². The van der Waals surface area contributed by atoms with Crippen LogP contribution in [0.2, 0.25) is 0 Å². The molecule has 2 atom stereocenters. The summed E-state index contributed by atoms with van der Waals surface area (Å²) < 4.78 is 31.8. The van der Waals surface area contributed by atoms with Gasteiger partial charge in [-0.15, -0.1) is 0 Å². The Balaban J connectivity index is 2.06. The Labute approximate surface area is 123 Å². The first kappa shape index (κ1) is 16.0. The van der Waals surface area contributed by atoms with Gasteiger partial charge in [0.1, 0.15) is 0 Å². The Morgan fingerprint density at radius 2 is 2.19 bits per heavy atom. The predicted octanol–water partition coefficient (Wildman–Crippen LogP) is 3.04. The lowest BCUT2D eigenvalue weighted by atomic mass is 10.0. The minimum absolute atomic E-state index is 0.158. The maximum absolute atomic E-state index is 13.3. The van der Waals surface area contributed by atoms with Gasteiger partial charge in [-0.05, 0) is 44.5 Å². The molecular formula is C16H21F2NO2. The molecule has 5 heteroatoms. The van der Waals surface area contributed by atoms with Gasteiger partial charge in [-0.3, -0.25) is 9.69 Å². The third-order valence-electron chi connectivity index (χ3n) is 4.00. The SMILES string of the molecule is CCN(CC1CCCO1)C(C)C(=O)c1ccc(F)c(F)c1. The monoisotopic (exact) mass is 297 g/mol. The number of nitrogens with zero attached hydrogens (tertiary/aromatic N) is 1. The minimum Gasteiger partial charge on any atom is -0.377 e. The Morgan fingerprint density at radius 3 is 2.76 bits per heavy atom. The van der Waals surface area contributed by atoms with E-state index in [4.69, 9.17) is 4.74 Å². The van der Waals surface area contributed by atoms with Gasteiger partial charge >= 0.3 is 0 Å². The molecule has 21 heavy (non-hydrogen) atoms. The van der Waals surface area contributed by atoms with Crippen LogP contribution in [-0.2, 0) is 4.74 Å². The van der Waals surface area contributed by atoms with Crippen molar-refractivity contribution in [3.8, 4) is 0 Å². The third kappa shape index (κ3) is 3.86. The van der Waals surface area contributed by atoms with Gasteiger partial charge in [0.25, 0.3) is 0 Å². The predicted molar refractivity (Wildman–Crippen MR) is 76.4 cm³/mol. The number of ether oxygens (including phenoxy) is 1. The zero-order valence-electron chi connectivity index (χ0n) is 12.4. The van der Waals surface area contributed by atoms with Crippen molar-refractivity contribution < 1.29 is 18.3 Å². The second-order valence-electron chi connectivity index (χ2n) is 5.39. The molecule has 1 saturated heterocycles. The van der Waals surface area contributed by atoms with Crippen LogP contribution in [0.3, 0.4) is 0 Å². The molecule has 1 fully saturated rings. The summed E-state index contributed by atoms with van der Waals surface area (Å²) >= 11 is 0. The zero-order chi connectivity index (χ0) is 15.4. The Hall–Kier alpha value is -1.33. The number of Topliss-reactive ketones (excluding diaryl/α,β-unsaturated/α-hetero) is 1. The molecule has 2 unspecified atom stereocenters. The van der Waals surface area contributed by atoms with Gasteiger partial charge in [0, 0.05) is 18.7 Å². The second-order valence-corrected chi connectivity index (χ2v) is 5.39. The van der Waals surface area contributed by atoms with Crippen LogP contribution >= 0.6 is 0 Å². The molecule has 0 radical (unpaired) electrons.